The Morgan fingerprint density at radius 2 is 1.95 bits per heavy atom. The normalized spacial score (nSPS) is 25.2. The summed E-state index contributed by atoms with van der Waals surface area (Å²) in [4.78, 5) is 12.2. The van der Waals surface area contributed by atoms with Crippen molar-refractivity contribution in [3.05, 3.63) is 24.3 Å². The lowest BCUT2D eigenvalue weighted by atomic mass is 9.77. The molecule has 1 aliphatic rings. The molecule has 0 spiro atoms. The van der Waals surface area contributed by atoms with Gasteiger partial charge < -0.3 is 21.1 Å². The van der Waals surface area contributed by atoms with Crippen LogP contribution in [-0.2, 0) is 0 Å². The van der Waals surface area contributed by atoms with Crippen molar-refractivity contribution in [1.29, 1.82) is 0 Å². The molecule has 0 heterocycles. The summed E-state index contributed by atoms with van der Waals surface area (Å²) in [6, 6.07) is 7.07. The molecule has 0 radical (unpaired) electrons. The van der Waals surface area contributed by atoms with Crippen LogP contribution >= 0.6 is 0 Å². The molecule has 1 aromatic carbocycles. The molecule has 0 unspecified atom stereocenters. The van der Waals surface area contributed by atoms with E-state index in [1.807, 2.05) is 24.3 Å². The monoisotopic (exact) mass is 291 g/mol. The second kappa shape index (κ2) is 6.80. The lowest BCUT2D eigenvalue weighted by molar-refractivity contribution is 0.196. The molecule has 5 nitrogen and oxygen atoms in total. The van der Waals surface area contributed by atoms with Gasteiger partial charge >= 0.3 is 6.03 Å². The average Bonchev–Trinajstić information content (AvgIpc) is 2.50. The van der Waals surface area contributed by atoms with Gasteiger partial charge in [0.25, 0.3) is 0 Å². The Labute approximate surface area is 126 Å². The number of rotatable bonds is 4. The van der Waals surface area contributed by atoms with Gasteiger partial charge in [0, 0.05) is 12.2 Å². The van der Waals surface area contributed by atoms with E-state index in [2.05, 4.69) is 17.6 Å². The highest BCUT2D eigenvalue weighted by Gasteiger charge is 2.34. The third kappa shape index (κ3) is 4.11. The smallest absolute Gasteiger partial charge is 0.319 e. The van der Waals surface area contributed by atoms with Gasteiger partial charge in [0.05, 0.1) is 12.6 Å². The first kappa shape index (κ1) is 15.6. The highest BCUT2D eigenvalue weighted by Crippen LogP contribution is 2.31. The SMILES string of the molecule is COc1ccc(NC(=O)NC2(CN)CCC(C)CC2)cc1. The number of nitrogens with one attached hydrogen (secondary N) is 2. The van der Waals surface area contributed by atoms with E-state index in [9.17, 15) is 4.79 Å². The van der Waals surface area contributed by atoms with Crippen molar-refractivity contribution in [3.8, 4) is 5.75 Å². The molecule has 4 N–H and O–H groups in total. The summed E-state index contributed by atoms with van der Waals surface area (Å²) in [6.07, 6.45) is 4.11. The standard InChI is InChI=1S/C16H25N3O2/c1-12-7-9-16(11-17,10-8-12)19-15(20)18-13-3-5-14(21-2)6-4-13/h3-6,12H,7-11,17H2,1-2H3,(H2,18,19,20). The Balaban J connectivity index is 1.93. The largest absolute Gasteiger partial charge is 0.497 e. The minimum absolute atomic E-state index is 0.194. The summed E-state index contributed by atoms with van der Waals surface area (Å²) in [7, 11) is 1.62. The molecular weight excluding hydrogens is 266 g/mol. The summed E-state index contributed by atoms with van der Waals surface area (Å²) in [5.41, 5.74) is 6.38. The van der Waals surface area contributed by atoms with Crippen molar-refractivity contribution in [2.45, 2.75) is 38.1 Å². The fourth-order valence-corrected chi connectivity index (χ4v) is 2.77. The minimum atomic E-state index is -0.261. The average molecular weight is 291 g/mol. The maximum absolute atomic E-state index is 12.2. The molecule has 0 aromatic heterocycles. The van der Waals surface area contributed by atoms with Crippen molar-refractivity contribution >= 4 is 11.7 Å². The van der Waals surface area contributed by atoms with Crippen LogP contribution < -0.4 is 21.1 Å². The van der Waals surface area contributed by atoms with Crippen molar-refractivity contribution in [1.82, 2.24) is 5.32 Å². The molecule has 1 fully saturated rings. The van der Waals surface area contributed by atoms with Gasteiger partial charge in [-0.25, -0.2) is 4.79 Å². The van der Waals surface area contributed by atoms with Gasteiger partial charge in [-0.2, -0.15) is 0 Å². The number of urea groups is 1. The van der Waals surface area contributed by atoms with Crippen molar-refractivity contribution in [2.75, 3.05) is 19.0 Å². The highest BCUT2D eigenvalue weighted by atomic mass is 16.5. The first-order valence-corrected chi connectivity index (χ1v) is 7.50. The Kier molecular flexibility index (Phi) is 5.07. The summed E-state index contributed by atoms with van der Waals surface area (Å²) in [5, 5.41) is 5.92. The number of benzene rings is 1. The van der Waals surface area contributed by atoms with Crippen molar-refractivity contribution in [2.24, 2.45) is 11.7 Å². The van der Waals surface area contributed by atoms with Gasteiger partial charge in [-0.05, 0) is 55.9 Å². The molecular formula is C16H25N3O2. The van der Waals surface area contributed by atoms with E-state index in [1.165, 1.54) is 0 Å². The first-order chi connectivity index (χ1) is 10.1. The third-order valence-electron chi connectivity index (χ3n) is 4.35. The number of hydrogen-bond acceptors (Lipinski definition) is 3. The Morgan fingerprint density at radius 3 is 2.48 bits per heavy atom. The van der Waals surface area contributed by atoms with E-state index in [0.717, 1.165) is 43.0 Å². The van der Waals surface area contributed by atoms with Crippen LogP contribution in [0.4, 0.5) is 10.5 Å². The zero-order chi connectivity index (χ0) is 15.3. The molecule has 0 atom stereocenters. The lowest BCUT2D eigenvalue weighted by Gasteiger charge is -2.39. The molecule has 0 aliphatic heterocycles. The Morgan fingerprint density at radius 1 is 1.33 bits per heavy atom. The maximum atomic E-state index is 12.2. The molecule has 1 aromatic rings. The topological polar surface area (TPSA) is 76.4 Å². The van der Waals surface area contributed by atoms with E-state index in [1.54, 1.807) is 7.11 Å². The minimum Gasteiger partial charge on any atom is -0.497 e. The van der Waals surface area contributed by atoms with Gasteiger partial charge in [0.1, 0.15) is 5.75 Å². The zero-order valence-electron chi connectivity index (χ0n) is 12.8. The first-order valence-electron chi connectivity index (χ1n) is 7.50. The van der Waals surface area contributed by atoms with Crippen LogP contribution in [-0.4, -0.2) is 25.2 Å². The highest BCUT2D eigenvalue weighted by molar-refractivity contribution is 5.89. The Bertz CT molecular complexity index is 465. The molecule has 5 heteroatoms. The summed E-state index contributed by atoms with van der Waals surface area (Å²) < 4.78 is 5.09. The number of methoxy groups -OCH3 is 1. The molecule has 2 amide bonds. The third-order valence-corrected chi connectivity index (χ3v) is 4.35. The van der Waals surface area contributed by atoms with Crippen LogP contribution in [0.5, 0.6) is 5.75 Å². The number of carbonyl (C=O) groups excluding carboxylic acids is 1. The quantitative estimate of drug-likeness (QED) is 0.798. The molecule has 1 saturated carbocycles. The fraction of sp³-hybridized carbons (Fsp3) is 0.562. The van der Waals surface area contributed by atoms with Gasteiger partial charge in [0.2, 0.25) is 0 Å². The molecule has 2 rings (SSSR count). The summed E-state index contributed by atoms with van der Waals surface area (Å²) >= 11 is 0. The molecule has 21 heavy (non-hydrogen) atoms. The van der Waals surface area contributed by atoms with E-state index < -0.39 is 0 Å². The van der Waals surface area contributed by atoms with Crippen molar-refractivity contribution in [3.63, 3.8) is 0 Å². The second-order valence-corrected chi connectivity index (χ2v) is 5.97. The van der Waals surface area contributed by atoms with Crippen LogP contribution in [0.1, 0.15) is 32.6 Å². The molecule has 116 valence electrons. The number of anilines is 1. The van der Waals surface area contributed by atoms with Gasteiger partial charge in [-0.1, -0.05) is 6.92 Å². The van der Waals surface area contributed by atoms with E-state index in [0.29, 0.717) is 6.54 Å². The van der Waals surface area contributed by atoms with Crippen LogP contribution in [0.2, 0.25) is 0 Å². The van der Waals surface area contributed by atoms with Crippen LogP contribution in [0.3, 0.4) is 0 Å². The predicted molar refractivity (Wildman–Crippen MR) is 84.6 cm³/mol. The number of hydrogen-bond donors (Lipinski definition) is 3. The van der Waals surface area contributed by atoms with Gasteiger partial charge in [-0.3, -0.25) is 0 Å². The van der Waals surface area contributed by atoms with E-state index in [4.69, 9.17) is 10.5 Å². The van der Waals surface area contributed by atoms with Crippen LogP contribution in [0.25, 0.3) is 0 Å². The summed E-state index contributed by atoms with van der Waals surface area (Å²) in [6.45, 7) is 2.73. The maximum Gasteiger partial charge on any atom is 0.319 e. The van der Waals surface area contributed by atoms with Crippen molar-refractivity contribution < 1.29 is 9.53 Å². The fourth-order valence-electron chi connectivity index (χ4n) is 2.77. The zero-order valence-corrected chi connectivity index (χ0v) is 12.8. The Hall–Kier alpha value is -1.75. The number of ether oxygens (including phenoxy) is 1. The second-order valence-electron chi connectivity index (χ2n) is 5.97. The van der Waals surface area contributed by atoms with Crippen LogP contribution in [0, 0.1) is 5.92 Å². The van der Waals surface area contributed by atoms with Gasteiger partial charge in [0.15, 0.2) is 0 Å². The summed E-state index contributed by atoms with van der Waals surface area (Å²) in [5.74, 6) is 1.48. The van der Waals surface area contributed by atoms with E-state index in [-0.39, 0.29) is 11.6 Å². The molecule has 0 bridgehead atoms. The molecule has 0 saturated heterocycles. The molecule has 1 aliphatic carbocycles. The number of amides is 2. The lowest BCUT2D eigenvalue weighted by Crippen LogP contribution is -2.56. The van der Waals surface area contributed by atoms with E-state index >= 15 is 0 Å². The number of carbonyl (C=O) groups is 1. The number of nitrogens with two attached hydrogens (primary N) is 1. The van der Waals surface area contributed by atoms with Gasteiger partial charge in [-0.15, -0.1) is 0 Å². The predicted octanol–water partition coefficient (Wildman–Crippen LogP) is 2.72. The van der Waals surface area contributed by atoms with Crippen LogP contribution in [0.15, 0.2) is 24.3 Å².